The lowest BCUT2D eigenvalue weighted by atomic mass is 9.84. The molecule has 0 spiro atoms. The molecule has 1 aliphatic heterocycles. The van der Waals surface area contributed by atoms with E-state index in [1.807, 2.05) is 0 Å². The summed E-state index contributed by atoms with van der Waals surface area (Å²) in [6, 6.07) is 0. The maximum Gasteiger partial charge on any atom is 0.230 e. The lowest BCUT2D eigenvalue weighted by molar-refractivity contribution is -0.139. The first kappa shape index (κ1) is 13.3. The molecule has 0 atom stereocenters. The normalized spacial score (nSPS) is 22.3. The monoisotopic (exact) mass is 253 g/mol. The number of amides is 2. The van der Waals surface area contributed by atoms with Gasteiger partial charge in [0.2, 0.25) is 11.8 Å². The molecule has 2 rings (SSSR count). The van der Waals surface area contributed by atoms with Crippen LogP contribution in [0.5, 0.6) is 0 Å². The van der Waals surface area contributed by atoms with Crippen LogP contribution in [0.1, 0.15) is 25.7 Å². The standard InChI is InChI=1S/C13H23N3O2/c1-16(2)12(18)13(5-3-4-6-13)9-15-11(17)10-7-14-8-10/h10,14H,3-9H2,1-2H3,(H,15,17). The van der Waals surface area contributed by atoms with Gasteiger partial charge >= 0.3 is 0 Å². The zero-order valence-corrected chi connectivity index (χ0v) is 11.3. The molecule has 1 aliphatic carbocycles. The van der Waals surface area contributed by atoms with Crippen molar-refractivity contribution >= 4 is 11.8 Å². The van der Waals surface area contributed by atoms with Gasteiger partial charge in [-0.2, -0.15) is 0 Å². The van der Waals surface area contributed by atoms with Crippen LogP contribution in [-0.2, 0) is 9.59 Å². The molecular weight excluding hydrogens is 230 g/mol. The highest BCUT2D eigenvalue weighted by molar-refractivity contribution is 5.85. The summed E-state index contributed by atoms with van der Waals surface area (Å²) in [6.07, 6.45) is 3.96. The van der Waals surface area contributed by atoms with Crippen LogP contribution < -0.4 is 10.6 Å². The molecule has 1 saturated heterocycles. The Kier molecular flexibility index (Phi) is 3.90. The van der Waals surface area contributed by atoms with Crippen molar-refractivity contribution in [3.05, 3.63) is 0 Å². The molecule has 0 aromatic rings. The average Bonchev–Trinajstić information content (AvgIpc) is 2.72. The summed E-state index contributed by atoms with van der Waals surface area (Å²) in [4.78, 5) is 25.8. The average molecular weight is 253 g/mol. The summed E-state index contributed by atoms with van der Waals surface area (Å²) in [5, 5.41) is 6.06. The van der Waals surface area contributed by atoms with Gasteiger partial charge in [0.1, 0.15) is 0 Å². The third-order valence-corrected chi connectivity index (χ3v) is 4.17. The second-order valence-electron chi connectivity index (χ2n) is 5.76. The zero-order chi connectivity index (χ0) is 13.2. The quantitative estimate of drug-likeness (QED) is 0.739. The van der Waals surface area contributed by atoms with E-state index in [0.29, 0.717) is 6.54 Å². The van der Waals surface area contributed by atoms with Crippen LogP contribution in [0.4, 0.5) is 0 Å². The van der Waals surface area contributed by atoms with Crippen LogP contribution in [0.15, 0.2) is 0 Å². The molecule has 1 saturated carbocycles. The Labute approximate surface area is 108 Å². The van der Waals surface area contributed by atoms with Crippen LogP contribution in [0.25, 0.3) is 0 Å². The molecule has 0 aromatic heterocycles. The Morgan fingerprint density at radius 1 is 1.28 bits per heavy atom. The highest BCUT2D eigenvalue weighted by atomic mass is 16.2. The van der Waals surface area contributed by atoms with E-state index in [1.165, 1.54) is 0 Å². The molecule has 2 aliphatic rings. The zero-order valence-electron chi connectivity index (χ0n) is 11.3. The van der Waals surface area contributed by atoms with E-state index in [0.717, 1.165) is 38.8 Å². The summed E-state index contributed by atoms with van der Waals surface area (Å²) in [5.41, 5.74) is -0.351. The van der Waals surface area contributed by atoms with E-state index in [4.69, 9.17) is 0 Å². The first-order chi connectivity index (χ1) is 8.55. The summed E-state index contributed by atoms with van der Waals surface area (Å²) >= 11 is 0. The van der Waals surface area contributed by atoms with Gasteiger partial charge in [-0.1, -0.05) is 12.8 Å². The van der Waals surface area contributed by atoms with Crippen molar-refractivity contribution in [1.82, 2.24) is 15.5 Å². The highest BCUT2D eigenvalue weighted by Crippen LogP contribution is 2.38. The van der Waals surface area contributed by atoms with Crippen LogP contribution in [-0.4, -0.2) is 50.4 Å². The summed E-state index contributed by atoms with van der Waals surface area (Å²) in [7, 11) is 3.58. The van der Waals surface area contributed by atoms with Crippen LogP contribution in [0, 0.1) is 11.3 Å². The molecular formula is C13H23N3O2. The van der Waals surface area contributed by atoms with E-state index in [1.54, 1.807) is 19.0 Å². The number of hydrogen-bond acceptors (Lipinski definition) is 3. The smallest absolute Gasteiger partial charge is 0.230 e. The third-order valence-electron chi connectivity index (χ3n) is 4.17. The van der Waals surface area contributed by atoms with Crippen molar-refractivity contribution in [2.24, 2.45) is 11.3 Å². The lowest BCUT2D eigenvalue weighted by Gasteiger charge is -2.32. The van der Waals surface area contributed by atoms with Crippen molar-refractivity contribution in [3.8, 4) is 0 Å². The van der Waals surface area contributed by atoms with Crippen molar-refractivity contribution in [2.45, 2.75) is 25.7 Å². The molecule has 0 aromatic carbocycles. The Morgan fingerprint density at radius 3 is 2.33 bits per heavy atom. The minimum Gasteiger partial charge on any atom is -0.355 e. The number of rotatable bonds is 4. The van der Waals surface area contributed by atoms with E-state index in [9.17, 15) is 9.59 Å². The van der Waals surface area contributed by atoms with Crippen molar-refractivity contribution in [3.63, 3.8) is 0 Å². The van der Waals surface area contributed by atoms with E-state index >= 15 is 0 Å². The minimum absolute atomic E-state index is 0.0894. The molecule has 0 radical (unpaired) electrons. The van der Waals surface area contributed by atoms with Gasteiger partial charge in [0.25, 0.3) is 0 Å². The molecule has 102 valence electrons. The maximum atomic E-state index is 12.3. The van der Waals surface area contributed by atoms with Gasteiger partial charge in [-0.15, -0.1) is 0 Å². The van der Waals surface area contributed by atoms with E-state index in [-0.39, 0.29) is 23.1 Å². The fraction of sp³-hybridized carbons (Fsp3) is 0.846. The number of nitrogens with one attached hydrogen (secondary N) is 2. The number of hydrogen-bond donors (Lipinski definition) is 2. The summed E-state index contributed by atoms with van der Waals surface area (Å²) < 4.78 is 0. The van der Waals surface area contributed by atoms with Crippen molar-refractivity contribution < 1.29 is 9.59 Å². The Balaban J connectivity index is 1.93. The van der Waals surface area contributed by atoms with Crippen LogP contribution in [0.2, 0.25) is 0 Å². The van der Waals surface area contributed by atoms with Gasteiger partial charge in [0, 0.05) is 33.7 Å². The second-order valence-corrected chi connectivity index (χ2v) is 5.76. The fourth-order valence-electron chi connectivity index (χ4n) is 2.87. The second kappa shape index (κ2) is 5.26. The Hall–Kier alpha value is -1.10. The largest absolute Gasteiger partial charge is 0.355 e. The van der Waals surface area contributed by atoms with E-state index < -0.39 is 0 Å². The first-order valence-electron chi connectivity index (χ1n) is 6.75. The van der Waals surface area contributed by atoms with Gasteiger partial charge in [-0.05, 0) is 12.8 Å². The molecule has 5 heteroatoms. The SMILES string of the molecule is CN(C)C(=O)C1(CNC(=O)C2CNC2)CCCC1. The molecule has 0 unspecified atom stereocenters. The van der Waals surface area contributed by atoms with Crippen LogP contribution in [0.3, 0.4) is 0 Å². The highest BCUT2D eigenvalue weighted by Gasteiger charge is 2.42. The molecule has 5 nitrogen and oxygen atoms in total. The fourth-order valence-corrected chi connectivity index (χ4v) is 2.87. The molecule has 2 fully saturated rings. The first-order valence-corrected chi connectivity index (χ1v) is 6.75. The number of carbonyl (C=O) groups excluding carboxylic acids is 2. The molecule has 18 heavy (non-hydrogen) atoms. The lowest BCUT2D eigenvalue weighted by Crippen LogP contribution is -2.53. The van der Waals surface area contributed by atoms with Gasteiger partial charge in [0.05, 0.1) is 11.3 Å². The third kappa shape index (κ3) is 2.51. The maximum absolute atomic E-state index is 12.3. The van der Waals surface area contributed by atoms with Gasteiger partial charge in [-0.25, -0.2) is 0 Å². The Morgan fingerprint density at radius 2 is 1.89 bits per heavy atom. The number of carbonyl (C=O) groups is 2. The van der Waals surface area contributed by atoms with Crippen molar-refractivity contribution in [1.29, 1.82) is 0 Å². The summed E-state index contributed by atoms with van der Waals surface area (Å²) in [6.45, 7) is 2.03. The summed E-state index contributed by atoms with van der Waals surface area (Å²) in [5.74, 6) is 0.344. The topological polar surface area (TPSA) is 61.4 Å². The molecule has 1 heterocycles. The van der Waals surface area contributed by atoms with Crippen LogP contribution >= 0.6 is 0 Å². The molecule has 0 bridgehead atoms. The number of nitrogens with zero attached hydrogens (tertiary/aromatic N) is 1. The molecule has 2 amide bonds. The minimum atomic E-state index is -0.351. The van der Waals surface area contributed by atoms with Gasteiger partial charge in [-0.3, -0.25) is 9.59 Å². The predicted molar refractivity (Wildman–Crippen MR) is 69.0 cm³/mol. The van der Waals surface area contributed by atoms with Crippen molar-refractivity contribution in [2.75, 3.05) is 33.7 Å². The Bertz CT molecular complexity index is 331. The molecule has 2 N–H and O–H groups in total. The van der Waals surface area contributed by atoms with E-state index in [2.05, 4.69) is 10.6 Å². The predicted octanol–water partition coefficient (Wildman–Crippen LogP) is -0.0294. The van der Waals surface area contributed by atoms with Gasteiger partial charge in [0.15, 0.2) is 0 Å². The van der Waals surface area contributed by atoms with Gasteiger partial charge < -0.3 is 15.5 Å².